The van der Waals surface area contributed by atoms with Gasteiger partial charge in [0.05, 0.1) is 19.3 Å². The molecule has 2 fully saturated rings. The number of ether oxygens (including phenoxy) is 4. The minimum Gasteiger partial charge on any atom is -0.508 e. The predicted octanol–water partition coefficient (Wildman–Crippen LogP) is 4.58. The quantitative estimate of drug-likeness (QED) is 0.415. The average molecular weight is 590 g/mol. The number of hydrogen-bond donors (Lipinski definition) is 3. The van der Waals surface area contributed by atoms with Gasteiger partial charge in [0.15, 0.2) is 0 Å². The molecule has 0 radical (unpaired) electrons. The summed E-state index contributed by atoms with van der Waals surface area (Å²) in [6.07, 6.45) is 4.76. The monoisotopic (exact) mass is 589 g/mol. The summed E-state index contributed by atoms with van der Waals surface area (Å²) in [5, 5.41) is 24.8. The molecule has 0 aromatic heterocycles. The van der Waals surface area contributed by atoms with E-state index in [1.807, 2.05) is 6.92 Å². The molecule has 2 aromatic rings. The molecule has 3 atom stereocenters. The fourth-order valence-electron chi connectivity index (χ4n) is 6.99. The molecule has 1 aliphatic carbocycles. The summed E-state index contributed by atoms with van der Waals surface area (Å²) in [6, 6.07) is 8.52. The normalized spacial score (nSPS) is 25.0. The number of esters is 1. The van der Waals surface area contributed by atoms with Gasteiger partial charge in [-0.3, -0.25) is 4.79 Å². The van der Waals surface area contributed by atoms with E-state index in [-0.39, 0.29) is 35.7 Å². The number of nitrogens with one attached hydrogen (secondary N) is 1. The average Bonchev–Trinajstić information content (AvgIpc) is 3.45. The number of carbonyl (C=O) groups is 2. The van der Waals surface area contributed by atoms with Gasteiger partial charge in [-0.1, -0.05) is 17.7 Å². The van der Waals surface area contributed by atoms with Crippen LogP contribution in [0.5, 0.6) is 23.0 Å². The zero-order chi connectivity index (χ0) is 30.3. The van der Waals surface area contributed by atoms with Gasteiger partial charge < -0.3 is 34.5 Å². The molecule has 1 saturated heterocycles. The molecule has 43 heavy (non-hydrogen) atoms. The molecule has 0 amide bonds. The first kappa shape index (κ1) is 29.3. The van der Waals surface area contributed by atoms with Crippen LogP contribution in [0.25, 0.3) is 5.57 Å². The summed E-state index contributed by atoms with van der Waals surface area (Å²) >= 11 is 0. The number of benzene rings is 2. The molecule has 3 aliphatic heterocycles. The third-order valence-electron chi connectivity index (χ3n) is 9.42. The van der Waals surface area contributed by atoms with Crippen molar-refractivity contribution in [2.24, 2.45) is 5.92 Å². The Bertz CT molecular complexity index is 1480. The first-order valence-corrected chi connectivity index (χ1v) is 15.2. The standard InChI is InChI=1S/C34H39NO8/c1-4-41-33(38)29-16-24(20-7-10-26(37)23(15-20)19-5-8-22(36)9-6-19)31-28(42-29)18-27-25(32(31)40-3)17-30(43-27)34(2,39)21-11-13-35-14-12-21/h5-6,8-9,16,18,21,23,30,35-36,39H,4,7,10-15,17H2,1-3H3/b24-20-/t23-,30-,34+/m0/s1. The maximum Gasteiger partial charge on any atom is 0.374 e. The van der Waals surface area contributed by atoms with Crippen LogP contribution in [0.15, 0.2) is 47.7 Å². The van der Waals surface area contributed by atoms with E-state index >= 15 is 0 Å². The Kier molecular flexibility index (Phi) is 7.96. The van der Waals surface area contributed by atoms with Gasteiger partial charge in [-0.05, 0) is 87.9 Å². The minimum absolute atomic E-state index is 0.0492. The van der Waals surface area contributed by atoms with Gasteiger partial charge in [-0.15, -0.1) is 0 Å². The van der Waals surface area contributed by atoms with Crippen LogP contribution in [0.2, 0.25) is 0 Å². The second kappa shape index (κ2) is 11.7. The van der Waals surface area contributed by atoms with Gasteiger partial charge in [0, 0.05) is 30.4 Å². The molecule has 0 unspecified atom stereocenters. The van der Waals surface area contributed by atoms with E-state index in [0.717, 1.165) is 48.2 Å². The van der Waals surface area contributed by atoms with Crippen molar-refractivity contribution in [1.82, 2.24) is 5.32 Å². The van der Waals surface area contributed by atoms with Crippen LogP contribution in [0, 0.1) is 5.92 Å². The molecule has 3 heterocycles. The van der Waals surface area contributed by atoms with E-state index in [9.17, 15) is 19.8 Å². The number of rotatable bonds is 6. The number of phenols is 1. The van der Waals surface area contributed by atoms with Crippen LogP contribution in [0.4, 0.5) is 0 Å². The molecule has 4 aliphatic rings. The molecule has 2 aromatic carbocycles. The number of piperidine rings is 1. The van der Waals surface area contributed by atoms with Gasteiger partial charge in [0.25, 0.3) is 0 Å². The Morgan fingerprint density at radius 1 is 1.12 bits per heavy atom. The molecule has 0 spiro atoms. The fraction of sp³-hybridized carbons (Fsp3) is 0.471. The first-order valence-electron chi connectivity index (χ1n) is 15.2. The summed E-state index contributed by atoms with van der Waals surface area (Å²) in [4.78, 5) is 26.0. The summed E-state index contributed by atoms with van der Waals surface area (Å²) in [7, 11) is 1.60. The van der Waals surface area contributed by atoms with Crippen LogP contribution in [0.1, 0.15) is 68.6 Å². The summed E-state index contributed by atoms with van der Waals surface area (Å²) in [5.74, 6) is 1.00. The first-order chi connectivity index (χ1) is 20.7. The highest BCUT2D eigenvalue weighted by Crippen LogP contribution is 2.53. The van der Waals surface area contributed by atoms with E-state index in [0.29, 0.717) is 48.5 Å². The Morgan fingerprint density at radius 3 is 2.56 bits per heavy atom. The van der Waals surface area contributed by atoms with Crippen LogP contribution >= 0.6 is 0 Å². The smallest absolute Gasteiger partial charge is 0.374 e. The predicted molar refractivity (Wildman–Crippen MR) is 159 cm³/mol. The fourth-order valence-corrected chi connectivity index (χ4v) is 6.99. The van der Waals surface area contributed by atoms with Gasteiger partial charge in [-0.2, -0.15) is 0 Å². The van der Waals surface area contributed by atoms with Gasteiger partial charge >= 0.3 is 5.97 Å². The highest BCUT2D eigenvalue weighted by molar-refractivity contribution is 5.98. The molecule has 6 rings (SSSR count). The maximum atomic E-state index is 13.1. The van der Waals surface area contributed by atoms with E-state index in [1.54, 1.807) is 50.4 Å². The maximum absolute atomic E-state index is 13.1. The van der Waals surface area contributed by atoms with E-state index in [1.165, 1.54) is 0 Å². The molecular formula is C34H39NO8. The van der Waals surface area contributed by atoms with E-state index < -0.39 is 17.7 Å². The van der Waals surface area contributed by atoms with Crippen LogP contribution < -0.4 is 19.5 Å². The number of aliphatic hydroxyl groups is 1. The molecule has 228 valence electrons. The molecule has 9 nitrogen and oxygen atoms in total. The van der Waals surface area contributed by atoms with Gasteiger partial charge in [0.2, 0.25) is 5.76 Å². The van der Waals surface area contributed by atoms with E-state index in [4.69, 9.17) is 18.9 Å². The van der Waals surface area contributed by atoms with Crippen LogP contribution in [0.3, 0.4) is 0 Å². The van der Waals surface area contributed by atoms with Crippen molar-refractivity contribution in [2.45, 2.75) is 70.0 Å². The lowest BCUT2D eigenvalue weighted by molar-refractivity contribution is -0.141. The summed E-state index contributed by atoms with van der Waals surface area (Å²) in [6.45, 7) is 5.51. The second-order valence-corrected chi connectivity index (χ2v) is 12.0. The number of phenolic OH excluding ortho intramolecular Hbond substituents is 1. The Morgan fingerprint density at radius 2 is 1.86 bits per heavy atom. The largest absolute Gasteiger partial charge is 0.508 e. The van der Waals surface area contributed by atoms with Gasteiger partial charge in [-0.25, -0.2) is 4.79 Å². The number of hydrogen-bond acceptors (Lipinski definition) is 9. The third kappa shape index (κ3) is 5.40. The number of carbonyl (C=O) groups excluding carboxylic acids is 2. The number of fused-ring (bicyclic) bond motifs is 2. The number of ketones is 1. The van der Waals surface area contributed by atoms with Crippen molar-refractivity contribution in [3.05, 3.63) is 64.4 Å². The third-order valence-corrected chi connectivity index (χ3v) is 9.42. The van der Waals surface area contributed by atoms with Crippen LogP contribution in [-0.4, -0.2) is 60.5 Å². The molecule has 9 heteroatoms. The highest BCUT2D eigenvalue weighted by Gasteiger charge is 2.46. The van der Waals surface area contributed by atoms with Crippen molar-refractivity contribution in [1.29, 1.82) is 0 Å². The minimum atomic E-state index is -1.05. The highest BCUT2D eigenvalue weighted by atomic mass is 16.6. The molecule has 1 saturated carbocycles. The zero-order valence-corrected chi connectivity index (χ0v) is 24.9. The summed E-state index contributed by atoms with van der Waals surface area (Å²) < 4.78 is 23.9. The van der Waals surface area contributed by atoms with Crippen molar-refractivity contribution >= 4 is 17.3 Å². The lowest BCUT2D eigenvalue weighted by Crippen LogP contribution is -2.51. The lowest BCUT2D eigenvalue weighted by Gasteiger charge is -2.39. The Balaban J connectivity index is 1.43. The topological polar surface area (TPSA) is 124 Å². The number of aromatic hydroxyl groups is 1. The number of allylic oxidation sites excluding steroid dienone is 3. The number of Topliss-reactive ketones (excluding diaryl/α,β-unsaturated/α-hetero) is 1. The van der Waals surface area contributed by atoms with Crippen molar-refractivity contribution in [3.63, 3.8) is 0 Å². The van der Waals surface area contributed by atoms with Crippen molar-refractivity contribution in [2.75, 3.05) is 26.8 Å². The van der Waals surface area contributed by atoms with Crippen LogP contribution in [-0.2, 0) is 20.7 Å². The second-order valence-electron chi connectivity index (χ2n) is 12.0. The SMILES string of the molecule is CCOC(=O)C1=C/C(=C2\CCC(=O)[C@H](c3ccc(O)cc3)C2)c2c(cc3c(c2OC)C[C@@H]([C@](C)(O)C2CCNCC2)O3)O1. The molecular weight excluding hydrogens is 550 g/mol. The van der Waals surface area contributed by atoms with E-state index in [2.05, 4.69) is 5.32 Å². The summed E-state index contributed by atoms with van der Waals surface area (Å²) in [5.41, 5.74) is 3.10. The van der Waals surface area contributed by atoms with Crippen molar-refractivity contribution < 1.29 is 38.7 Å². The Hall–Kier alpha value is -3.82. The van der Waals surface area contributed by atoms with Gasteiger partial charge in [0.1, 0.15) is 40.5 Å². The molecule has 0 bridgehead atoms. The zero-order valence-electron chi connectivity index (χ0n) is 24.9. The lowest BCUT2D eigenvalue weighted by atomic mass is 9.76. The number of methoxy groups -OCH3 is 1. The molecule has 3 N–H and O–H groups in total. The Labute approximate surface area is 251 Å². The van der Waals surface area contributed by atoms with Crippen molar-refractivity contribution in [3.8, 4) is 23.0 Å².